The van der Waals surface area contributed by atoms with Crippen LogP contribution in [0.4, 0.5) is 0 Å². The first-order valence-corrected chi connectivity index (χ1v) is 7.50. The SMILES string of the molecule is COC(c1ccccc1)c1nc(CNC2CC2)cs1. The second kappa shape index (κ2) is 5.82. The third kappa shape index (κ3) is 3.21. The van der Waals surface area contributed by atoms with Crippen LogP contribution in [0, 0.1) is 0 Å². The van der Waals surface area contributed by atoms with Crippen LogP contribution in [0.5, 0.6) is 0 Å². The molecule has 1 N–H and O–H groups in total. The molecule has 0 spiro atoms. The highest BCUT2D eigenvalue weighted by molar-refractivity contribution is 7.09. The molecule has 1 aromatic carbocycles. The van der Waals surface area contributed by atoms with Gasteiger partial charge in [0.1, 0.15) is 11.1 Å². The van der Waals surface area contributed by atoms with Crippen molar-refractivity contribution in [3.05, 3.63) is 52.0 Å². The maximum Gasteiger partial charge on any atom is 0.134 e. The number of hydrogen-bond donors (Lipinski definition) is 1. The summed E-state index contributed by atoms with van der Waals surface area (Å²) in [4.78, 5) is 4.69. The van der Waals surface area contributed by atoms with Crippen LogP contribution in [0.15, 0.2) is 35.7 Å². The summed E-state index contributed by atoms with van der Waals surface area (Å²) < 4.78 is 5.60. The molecule has 1 fully saturated rings. The Labute approximate surface area is 117 Å². The summed E-state index contributed by atoms with van der Waals surface area (Å²) in [7, 11) is 1.74. The van der Waals surface area contributed by atoms with Crippen LogP contribution in [0.2, 0.25) is 0 Å². The van der Waals surface area contributed by atoms with Gasteiger partial charge in [-0.25, -0.2) is 4.98 Å². The molecule has 2 aromatic rings. The molecule has 1 aliphatic carbocycles. The van der Waals surface area contributed by atoms with Crippen molar-refractivity contribution in [2.24, 2.45) is 0 Å². The van der Waals surface area contributed by atoms with Crippen LogP contribution >= 0.6 is 11.3 Å². The molecule has 1 heterocycles. The van der Waals surface area contributed by atoms with Gasteiger partial charge >= 0.3 is 0 Å². The minimum Gasteiger partial charge on any atom is -0.370 e. The van der Waals surface area contributed by atoms with E-state index in [1.54, 1.807) is 18.4 Å². The number of nitrogens with zero attached hydrogens (tertiary/aromatic N) is 1. The van der Waals surface area contributed by atoms with Gasteiger partial charge in [0, 0.05) is 25.1 Å². The Morgan fingerprint density at radius 1 is 1.37 bits per heavy atom. The molecular formula is C15H18N2OS. The molecule has 1 saturated carbocycles. The molecule has 0 radical (unpaired) electrons. The lowest BCUT2D eigenvalue weighted by Crippen LogP contribution is -2.15. The summed E-state index contributed by atoms with van der Waals surface area (Å²) >= 11 is 1.67. The fraction of sp³-hybridized carbons (Fsp3) is 0.400. The third-order valence-electron chi connectivity index (χ3n) is 3.28. The van der Waals surface area contributed by atoms with Gasteiger partial charge in [0.05, 0.1) is 5.69 Å². The summed E-state index contributed by atoms with van der Waals surface area (Å²) in [6.45, 7) is 0.867. The fourth-order valence-corrected chi connectivity index (χ4v) is 2.99. The van der Waals surface area contributed by atoms with Gasteiger partial charge in [0.2, 0.25) is 0 Å². The van der Waals surface area contributed by atoms with Gasteiger partial charge in [-0.2, -0.15) is 0 Å². The zero-order valence-corrected chi connectivity index (χ0v) is 11.8. The molecule has 1 aliphatic rings. The standard InChI is InChI=1S/C15H18N2OS/c1-18-14(11-5-3-2-4-6-11)15-17-13(10-19-15)9-16-12-7-8-12/h2-6,10,12,14,16H,7-9H2,1H3. The lowest BCUT2D eigenvalue weighted by atomic mass is 10.1. The first-order valence-electron chi connectivity index (χ1n) is 6.62. The van der Waals surface area contributed by atoms with Crippen molar-refractivity contribution in [3.8, 4) is 0 Å². The van der Waals surface area contributed by atoms with E-state index >= 15 is 0 Å². The van der Waals surface area contributed by atoms with Crippen molar-refractivity contribution in [2.45, 2.75) is 31.5 Å². The van der Waals surface area contributed by atoms with Crippen LogP contribution in [-0.4, -0.2) is 18.1 Å². The van der Waals surface area contributed by atoms with Gasteiger partial charge < -0.3 is 10.1 Å². The topological polar surface area (TPSA) is 34.1 Å². The van der Waals surface area contributed by atoms with E-state index in [0.717, 1.165) is 28.9 Å². The van der Waals surface area contributed by atoms with E-state index in [1.807, 2.05) is 18.2 Å². The fourth-order valence-electron chi connectivity index (χ4n) is 2.07. The number of ether oxygens (including phenoxy) is 1. The number of thiazole rings is 1. The van der Waals surface area contributed by atoms with Crippen LogP contribution in [-0.2, 0) is 11.3 Å². The molecule has 3 rings (SSSR count). The minimum atomic E-state index is -0.0547. The first kappa shape index (κ1) is 12.8. The first-order chi connectivity index (χ1) is 9.36. The van der Waals surface area contributed by atoms with Crippen molar-refractivity contribution in [3.63, 3.8) is 0 Å². The molecule has 1 unspecified atom stereocenters. The molecular weight excluding hydrogens is 256 g/mol. The van der Waals surface area contributed by atoms with E-state index in [2.05, 4.69) is 27.8 Å². The minimum absolute atomic E-state index is 0.0547. The molecule has 1 aromatic heterocycles. The molecule has 0 saturated heterocycles. The Hall–Kier alpha value is -1.23. The molecule has 3 nitrogen and oxygen atoms in total. The molecule has 0 aliphatic heterocycles. The van der Waals surface area contributed by atoms with Crippen molar-refractivity contribution < 1.29 is 4.74 Å². The maximum atomic E-state index is 5.60. The summed E-state index contributed by atoms with van der Waals surface area (Å²) in [6.07, 6.45) is 2.56. The highest BCUT2D eigenvalue weighted by Crippen LogP contribution is 2.28. The van der Waals surface area contributed by atoms with Crippen molar-refractivity contribution in [2.75, 3.05) is 7.11 Å². The van der Waals surface area contributed by atoms with Gasteiger partial charge in [-0.15, -0.1) is 11.3 Å². The number of benzene rings is 1. The summed E-state index contributed by atoms with van der Waals surface area (Å²) in [6, 6.07) is 11.0. The Morgan fingerprint density at radius 3 is 2.84 bits per heavy atom. The smallest absolute Gasteiger partial charge is 0.134 e. The zero-order valence-electron chi connectivity index (χ0n) is 11.0. The molecule has 100 valence electrons. The number of nitrogens with one attached hydrogen (secondary N) is 1. The quantitative estimate of drug-likeness (QED) is 0.878. The Morgan fingerprint density at radius 2 is 2.16 bits per heavy atom. The predicted octanol–water partition coefficient (Wildman–Crippen LogP) is 3.13. The van der Waals surface area contributed by atoms with E-state index in [9.17, 15) is 0 Å². The third-order valence-corrected chi connectivity index (χ3v) is 4.22. The lowest BCUT2D eigenvalue weighted by Gasteiger charge is -2.12. The van der Waals surface area contributed by atoms with Gasteiger partial charge in [0.15, 0.2) is 0 Å². The average Bonchev–Trinajstić information content (AvgIpc) is 3.17. The summed E-state index contributed by atoms with van der Waals surface area (Å²) in [5.41, 5.74) is 2.27. The second-order valence-corrected chi connectivity index (χ2v) is 5.75. The van der Waals surface area contributed by atoms with E-state index in [4.69, 9.17) is 4.74 Å². The molecule has 1 atom stereocenters. The Balaban J connectivity index is 1.72. The van der Waals surface area contributed by atoms with E-state index in [1.165, 1.54) is 12.8 Å². The van der Waals surface area contributed by atoms with E-state index in [-0.39, 0.29) is 6.10 Å². The molecule has 0 amide bonds. The van der Waals surface area contributed by atoms with Gasteiger partial charge in [-0.3, -0.25) is 0 Å². The highest BCUT2D eigenvalue weighted by Gasteiger charge is 2.21. The van der Waals surface area contributed by atoms with Crippen LogP contribution < -0.4 is 5.32 Å². The zero-order chi connectivity index (χ0) is 13.1. The highest BCUT2D eigenvalue weighted by atomic mass is 32.1. The summed E-state index contributed by atoms with van der Waals surface area (Å²) in [5, 5.41) is 6.64. The van der Waals surface area contributed by atoms with E-state index < -0.39 is 0 Å². The second-order valence-electron chi connectivity index (χ2n) is 4.86. The molecule has 0 bridgehead atoms. The monoisotopic (exact) mass is 274 g/mol. The largest absolute Gasteiger partial charge is 0.370 e. The predicted molar refractivity (Wildman–Crippen MR) is 77.3 cm³/mol. The Kier molecular flexibility index (Phi) is 3.92. The van der Waals surface area contributed by atoms with Crippen LogP contribution in [0.3, 0.4) is 0 Å². The number of hydrogen-bond acceptors (Lipinski definition) is 4. The van der Waals surface area contributed by atoms with Crippen LogP contribution in [0.25, 0.3) is 0 Å². The number of aromatic nitrogens is 1. The van der Waals surface area contributed by atoms with Crippen molar-refractivity contribution in [1.29, 1.82) is 0 Å². The average molecular weight is 274 g/mol. The Bertz CT molecular complexity index is 522. The van der Waals surface area contributed by atoms with Gasteiger partial charge in [-0.05, 0) is 18.4 Å². The van der Waals surface area contributed by atoms with Crippen molar-refractivity contribution in [1.82, 2.24) is 10.3 Å². The van der Waals surface area contributed by atoms with Crippen molar-refractivity contribution >= 4 is 11.3 Å². The van der Waals surface area contributed by atoms with Gasteiger partial charge in [-0.1, -0.05) is 30.3 Å². The van der Waals surface area contributed by atoms with E-state index in [0.29, 0.717) is 0 Å². The normalized spacial score (nSPS) is 16.5. The van der Waals surface area contributed by atoms with Crippen LogP contribution in [0.1, 0.15) is 35.2 Å². The number of rotatable bonds is 6. The lowest BCUT2D eigenvalue weighted by molar-refractivity contribution is 0.136. The molecule has 19 heavy (non-hydrogen) atoms. The molecule has 4 heteroatoms. The number of methoxy groups -OCH3 is 1. The summed E-state index contributed by atoms with van der Waals surface area (Å²) in [5.74, 6) is 0. The maximum absolute atomic E-state index is 5.60. The van der Waals surface area contributed by atoms with Gasteiger partial charge in [0.25, 0.3) is 0 Å².